The highest BCUT2D eigenvalue weighted by atomic mass is 79.9. The van der Waals surface area contributed by atoms with E-state index >= 15 is 0 Å². The smallest absolute Gasteiger partial charge is 0.320 e. The standard InChI is InChI=1S/C10H9BrClN7O3S/c1-18-4-5(11)8(15-18)17-23(20,21)9-14-7-3-6(12)13-10(22-2)19(7)16-9/h3-4H,1-2H3,(H,15,17). The van der Waals surface area contributed by atoms with Crippen LogP contribution in [-0.4, -0.2) is 44.9 Å². The molecule has 1 N–H and O–H groups in total. The maximum Gasteiger partial charge on any atom is 0.320 e. The Bertz CT molecular complexity index is 999. The van der Waals surface area contributed by atoms with Crippen molar-refractivity contribution in [2.45, 2.75) is 5.16 Å². The Labute approximate surface area is 143 Å². The fourth-order valence-electron chi connectivity index (χ4n) is 1.76. The molecule has 3 rings (SSSR count). The van der Waals surface area contributed by atoms with Crippen LogP contribution in [0.4, 0.5) is 5.82 Å². The molecule has 0 saturated carbocycles. The van der Waals surface area contributed by atoms with Crippen molar-refractivity contribution in [3.05, 3.63) is 21.9 Å². The van der Waals surface area contributed by atoms with Gasteiger partial charge in [0, 0.05) is 19.3 Å². The Morgan fingerprint density at radius 3 is 2.70 bits per heavy atom. The van der Waals surface area contributed by atoms with Crippen molar-refractivity contribution in [3.8, 4) is 6.01 Å². The maximum absolute atomic E-state index is 12.4. The van der Waals surface area contributed by atoms with Gasteiger partial charge in [-0.25, -0.2) is 0 Å². The summed E-state index contributed by atoms with van der Waals surface area (Å²) in [6.45, 7) is 0. The average molecular weight is 423 g/mol. The number of fused-ring (bicyclic) bond motifs is 1. The number of nitrogens with one attached hydrogen (secondary N) is 1. The van der Waals surface area contributed by atoms with Gasteiger partial charge in [-0.2, -0.15) is 28.0 Å². The first-order valence-electron chi connectivity index (χ1n) is 5.99. The second-order valence-corrected chi connectivity index (χ2v) is 7.15. The number of sulfonamides is 1. The minimum Gasteiger partial charge on any atom is -0.467 e. The zero-order valence-electron chi connectivity index (χ0n) is 11.7. The first kappa shape index (κ1) is 16.0. The third-order valence-corrected chi connectivity index (χ3v) is 4.57. The topological polar surface area (TPSA) is 116 Å². The number of aryl methyl sites for hydroxylation is 1. The van der Waals surface area contributed by atoms with Gasteiger partial charge in [-0.05, 0) is 15.9 Å². The van der Waals surface area contributed by atoms with Gasteiger partial charge in [0.25, 0.3) is 5.16 Å². The molecule has 0 saturated heterocycles. The largest absolute Gasteiger partial charge is 0.467 e. The molecule has 13 heteroatoms. The number of ether oxygens (including phenoxy) is 1. The van der Waals surface area contributed by atoms with Crippen molar-refractivity contribution < 1.29 is 13.2 Å². The van der Waals surface area contributed by atoms with E-state index in [4.69, 9.17) is 16.3 Å². The molecule has 3 aromatic heterocycles. The lowest BCUT2D eigenvalue weighted by atomic mass is 10.6. The number of halogens is 2. The Morgan fingerprint density at radius 2 is 2.09 bits per heavy atom. The van der Waals surface area contributed by atoms with Gasteiger partial charge >= 0.3 is 16.0 Å². The molecule has 0 unspecified atom stereocenters. The summed E-state index contributed by atoms with van der Waals surface area (Å²) in [5.41, 5.74) is 0.183. The van der Waals surface area contributed by atoms with Crippen LogP contribution in [-0.2, 0) is 17.1 Å². The molecular formula is C10H9BrClN7O3S. The summed E-state index contributed by atoms with van der Waals surface area (Å²) < 4.78 is 35.2. The summed E-state index contributed by atoms with van der Waals surface area (Å²) >= 11 is 9.03. The minimum atomic E-state index is -4.05. The fourth-order valence-corrected chi connectivity index (χ4v) is 3.44. The van der Waals surface area contributed by atoms with Crippen LogP contribution >= 0.6 is 27.5 Å². The van der Waals surface area contributed by atoms with Crippen LogP contribution in [0, 0.1) is 0 Å². The zero-order valence-corrected chi connectivity index (χ0v) is 14.9. The summed E-state index contributed by atoms with van der Waals surface area (Å²) in [5, 5.41) is 7.51. The van der Waals surface area contributed by atoms with Gasteiger partial charge in [0.2, 0.25) is 0 Å². The molecule has 3 aromatic rings. The molecular weight excluding hydrogens is 414 g/mol. The van der Waals surface area contributed by atoms with Gasteiger partial charge < -0.3 is 4.74 Å². The van der Waals surface area contributed by atoms with Gasteiger partial charge in [-0.1, -0.05) is 11.6 Å². The molecule has 0 bridgehead atoms. The molecule has 0 aliphatic heterocycles. The fraction of sp³-hybridized carbons (Fsp3) is 0.200. The van der Waals surface area contributed by atoms with E-state index in [1.165, 1.54) is 17.9 Å². The molecule has 0 radical (unpaired) electrons. The second kappa shape index (κ2) is 5.62. The maximum atomic E-state index is 12.4. The average Bonchev–Trinajstić information content (AvgIpc) is 3.01. The molecule has 0 fully saturated rings. The summed E-state index contributed by atoms with van der Waals surface area (Å²) in [7, 11) is -1.03. The number of anilines is 1. The van der Waals surface area contributed by atoms with E-state index in [0.29, 0.717) is 4.47 Å². The molecule has 10 nitrogen and oxygen atoms in total. The lowest BCUT2D eigenvalue weighted by Gasteiger charge is -2.01. The predicted octanol–water partition coefficient (Wildman–Crippen LogP) is 1.08. The van der Waals surface area contributed by atoms with Crippen LogP contribution in [0.5, 0.6) is 6.01 Å². The van der Waals surface area contributed by atoms with Crippen molar-refractivity contribution >= 4 is 49.0 Å². The van der Waals surface area contributed by atoms with Crippen molar-refractivity contribution in [3.63, 3.8) is 0 Å². The van der Waals surface area contributed by atoms with E-state index in [1.54, 1.807) is 13.2 Å². The van der Waals surface area contributed by atoms with E-state index < -0.39 is 15.2 Å². The number of rotatable bonds is 4. The quantitative estimate of drug-likeness (QED) is 0.625. The van der Waals surface area contributed by atoms with Gasteiger partial charge in [-0.3, -0.25) is 9.40 Å². The van der Waals surface area contributed by atoms with Crippen molar-refractivity contribution in [2.75, 3.05) is 11.8 Å². The Kier molecular flexibility index (Phi) is 3.90. The van der Waals surface area contributed by atoms with E-state index in [-0.39, 0.29) is 22.6 Å². The number of hydrogen-bond acceptors (Lipinski definition) is 7. The monoisotopic (exact) mass is 421 g/mol. The summed E-state index contributed by atoms with van der Waals surface area (Å²) in [4.78, 5) is 7.82. The van der Waals surface area contributed by atoms with Gasteiger partial charge in [0.1, 0.15) is 5.15 Å². The summed E-state index contributed by atoms with van der Waals surface area (Å²) in [6, 6.07) is 1.38. The van der Waals surface area contributed by atoms with Crippen LogP contribution in [0.2, 0.25) is 5.15 Å². The van der Waals surface area contributed by atoms with E-state index in [9.17, 15) is 8.42 Å². The number of methoxy groups -OCH3 is 1. The first-order chi connectivity index (χ1) is 10.8. The third-order valence-electron chi connectivity index (χ3n) is 2.68. The van der Waals surface area contributed by atoms with Crippen molar-refractivity contribution in [1.29, 1.82) is 0 Å². The Hall–Kier alpha value is -1.92. The van der Waals surface area contributed by atoms with Gasteiger partial charge in [0.15, 0.2) is 11.5 Å². The highest BCUT2D eigenvalue weighted by Crippen LogP contribution is 2.23. The van der Waals surface area contributed by atoms with Crippen molar-refractivity contribution in [1.82, 2.24) is 29.4 Å². The molecule has 122 valence electrons. The lowest BCUT2D eigenvalue weighted by molar-refractivity contribution is 0.366. The molecule has 0 atom stereocenters. The first-order valence-corrected chi connectivity index (χ1v) is 8.65. The number of aromatic nitrogens is 6. The van der Waals surface area contributed by atoms with Crippen LogP contribution in [0.1, 0.15) is 0 Å². The van der Waals surface area contributed by atoms with Crippen LogP contribution in [0.3, 0.4) is 0 Å². The number of hydrogen-bond donors (Lipinski definition) is 1. The van der Waals surface area contributed by atoms with Crippen molar-refractivity contribution in [2.24, 2.45) is 7.05 Å². The molecule has 23 heavy (non-hydrogen) atoms. The van der Waals surface area contributed by atoms with E-state index in [0.717, 1.165) is 4.52 Å². The highest BCUT2D eigenvalue weighted by molar-refractivity contribution is 9.10. The van der Waals surface area contributed by atoms with E-state index in [2.05, 4.69) is 40.8 Å². The minimum absolute atomic E-state index is 0.0143. The van der Waals surface area contributed by atoms with Gasteiger partial charge in [0.05, 0.1) is 11.6 Å². The van der Waals surface area contributed by atoms with E-state index in [1.807, 2.05) is 0 Å². The molecule has 0 amide bonds. The zero-order chi connectivity index (χ0) is 16.8. The Balaban J connectivity index is 2.06. The molecule has 0 aromatic carbocycles. The normalized spacial score (nSPS) is 11.8. The highest BCUT2D eigenvalue weighted by Gasteiger charge is 2.24. The predicted molar refractivity (Wildman–Crippen MR) is 84.1 cm³/mol. The lowest BCUT2D eigenvalue weighted by Crippen LogP contribution is -2.15. The Morgan fingerprint density at radius 1 is 1.35 bits per heavy atom. The van der Waals surface area contributed by atoms with Crippen LogP contribution in [0.25, 0.3) is 5.65 Å². The summed E-state index contributed by atoms with van der Waals surface area (Å²) in [6.07, 6.45) is 1.60. The third kappa shape index (κ3) is 2.96. The second-order valence-electron chi connectivity index (χ2n) is 4.33. The van der Waals surface area contributed by atoms with Crippen LogP contribution in [0.15, 0.2) is 21.9 Å². The van der Waals surface area contributed by atoms with Gasteiger partial charge in [-0.15, -0.1) is 5.10 Å². The summed E-state index contributed by atoms with van der Waals surface area (Å²) in [5.74, 6) is 0.120. The molecule has 0 aliphatic carbocycles. The SMILES string of the molecule is COc1nc(Cl)cc2nc(S(=O)(=O)Nc3nn(C)cc3Br)nn12. The molecule has 3 heterocycles. The van der Waals surface area contributed by atoms with Crippen LogP contribution < -0.4 is 9.46 Å². The molecule has 0 aliphatic rings. The number of nitrogens with zero attached hydrogens (tertiary/aromatic N) is 6. The molecule has 0 spiro atoms.